The summed E-state index contributed by atoms with van der Waals surface area (Å²) in [6, 6.07) is 7.84. The molecule has 0 saturated heterocycles. The number of hydrogen-bond acceptors (Lipinski definition) is 4. The first-order valence-corrected chi connectivity index (χ1v) is 5.16. The SMILES string of the molecule is N#C/C(=C\Nc1ccccc1OC(F)F)C(N)=S. The Morgan fingerprint density at radius 3 is 2.72 bits per heavy atom. The monoisotopic (exact) mass is 269 g/mol. The second-order valence-corrected chi connectivity index (χ2v) is 3.49. The molecular formula is C11H9F2N3OS. The number of rotatable bonds is 5. The third-order valence-electron chi connectivity index (χ3n) is 1.86. The van der Waals surface area contributed by atoms with Gasteiger partial charge in [0.2, 0.25) is 0 Å². The molecule has 0 radical (unpaired) electrons. The van der Waals surface area contributed by atoms with Crippen molar-refractivity contribution in [3.8, 4) is 11.8 Å². The Labute approximate surface area is 108 Å². The van der Waals surface area contributed by atoms with E-state index in [4.69, 9.17) is 11.0 Å². The summed E-state index contributed by atoms with van der Waals surface area (Å²) >= 11 is 4.63. The maximum absolute atomic E-state index is 12.1. The number of nitrogens with two attached hydrogens (primary N) is 1. The Hall–Kier alpha value is -2.20. The highest BCUT2D eigenvalue weighted by molar-refractivity contribution is 7.80. The number of nitriles is 1. The van der Waals surface area contributed by atoms with Crippen LogP contribution in [0, 0.1) is 11.3 Å². The maximum atomic E-state index is 12.1. The van der Waals surface area contributed by atoms with Crippen LogP contribution in [-0.2, 0) is 0 Å². The number of para-hydroxylation sites is 2. The number of nitrogens with one attached hydrogen (secondary N) is 1. The van der Waals surface area contributed by atoms with Gasteiger partial charge in [-0.3, -0.25) is 0 Å². The molecule has 0 aliphatic carbocycles. The van der Waals surface area contributed by atoms with Crippen molar-refractivity contribution in [1.29, 1.82) is 5.26 Å². The van der Waals surface area contributed by atoms with Gasteiger partial charge in [-0.15, -0.1) is 0 Å². The molecule has 4 nitrogen and oxygen atoms in total. The minimum Gasteiger partial charge on any atom is -0.433 e. The Balaban J connectivity index is 2.91. The molecule has 7 heteroatoms. The molecule has 94 valence electrons. The van der Waals surface area contributed by atoms with E-state index < -0.39 is 6.61 Å². The first-order valence-electron chi connectivity index (χ1n) is 4.75. The zero-order valence-corrected chi connectivity index (χ0v) is 9.88. The molecule has 0 bridgehead atoms. The highest BCUT2D eigenvalue weighted by Gasteiger charge is 2.08. The fourth-order valence-corrected chi connectivity index (χ4v) is 1.20. The summed E-state index contributed by atoms with van der Waals surface area (Å²) in [4.78, 5) is -0.0859. The van der Waals surface area contributed by atoms with Crippen molar-refractivity contribution in [1.82, 2.24) is 0 Å². The van der Waals surface area contributed by atoms with Gasteiger partial charge in [0, 0.05) is 6.20 Å². The van der Waals surface area contributed by atoms with Gasteiger partial charge in [0.1, 0.15) is 22.4 Å². The molecule has 0 aliphatic heterocycles. The van der Waals surface area contributed by atoms with Gasteiger partial charge >= 0.3 is 6.61 Å². The lowest BCUT2D eigenvalue weighted by Crippen LogP contribution is -2.11. The standard InChI is InChI=1S/C11H9F2N3OS/c12-11(13)17-9-4-2-1-3-8(9)16-6-7(5-14)10(15)18/h1-4,6,11,16H,(H2,15,18)/b7-6+. The summed E-state index contributed by atoms with van der Waals surface area (Å²) in [7, 11) is 0. The van der Waals surface area contributed by atoms with Crippen molar-refractivity contribution >= 4 is 22.9 Å². The first kappa shape index (κ1) is 13.9. The Morgan fingerprint density at radius 1 is 1.50 bits per heavy atom. The summed E-state index contributed by atoms with van der Waals surface area (Å²) in [5.41, 5.74) is 5.60. The van der Waals surface area contributed by atoms with Gasteiger partial charge < -0.3 is 15.8 Å². The number of benzene rings is 1. The number of halogens is 2. The highest BCUT2D eigenvalue weighted by Crippen LogP contribution is 2.25. The smallest absolute Gasteiger partial charge is 0.387 e. The lowest BCUT2D eigenvalue weighted by Gasteiger charge is -2.10. The van der Waals surface area contributed by atoms with Gasteiger partial charge in [0.05, 0.1) is 5.69 Å². The predicted octanol–water partition coefficient (Wildman–Crippen LogP) is 2.39. The molecule has 0 fully saturated rings. The Kier molecular flexibility index (Phi) is 5.02. The van der Waals surface area contributed by atoms with Gasteiger partial charge in [0.25, 0.3) is 0 Å². The van der Waals surface area contributed by atoms with Crippen molar-refractivity contribution in [2.75, 3.05) is 5.32 Å². The third kappa shape index (κ3) is 3.99. The molecule has 0 saturated carbocycles. The van der Waals surface area contributed by atoms with Gasteiger partial charge in [-0.25, -0.2) is 0 Å². The van der Waals surface area contributed by atoms with Gasteiger partial charge in [-0.05, 0) is 12.1 Å². The van der Waals surface area contributed by atoms with E-state index in [1.54, 1.807) is 18.2 Å². The van der Waals surface area contributed by atoms with E-state index >= 15 is 0 Å². The average Bonchev–Trinajstić information content (AvgIpc) is 2.30. The topological polar surface area (TPSA) is 71.1 Å². The number of ether oxygens (including phenoxy) is 1. The minimum absolute atomic E-state index is 0.0380. The van der Waals surface area contributed by atoms with Crippen molar-refractivity contribution in [2.24, 2.45) is 5.73 Å². The molecule has 0 aliphatic rings. The van der Waals surface area contributed by atoms with Crippen LogP contribution in [-0.4, -0.2) is 11.6 Å². The van der Waals surface area contributed by atoms with E-state index in [1.807, 2.05) is 0 Å². The molecular weight excluding hydrogens is 260 g/mol. The van der Waals surface area contributed by atoms with Crippen molar-refractivity contribution in [3.05, 3.63) is 36.0 Å². The fraction of sp³-hybridized carbons (Fsp3) is 0.0909. The lowest BCUT2D eigenvalue weighted by molar-refractivity contribution is -0.0493. The quantitative estimate of drug-likeness (QED) is 0.488. The molecule has 18 heavy (non-hydrogen) atoms. The van der Waals surface area contributed by atoms with Crippen LogP contribution in [0.3, 0.4) is 0 Å². The number of alkyl halides is 2. The predicted molar refractivity (Wildman–Crippen MR) is 67.2 cm³/mol. The van der Waals surface area contributed by atoms with Gasteiger partial charge in [-0.2, -0.15) is 14.0 Å². The summed E-state index contributed by atoms with van der Waals surface area (Å²) in [6.07, 6.45) is 1.23. The van der Waals surface area contributed by atoms with E-state index in [0.717, 1.165) is 0 Å². The van der Waals surface area contributed by atoms with Crippen LogP contribution in [0.15, 0.2) is 36.0 Å². The number of hydrogen-bond donors (Lipinski definition) is 2. The number of anilines is 1. The van der Waals surface area contributed by atoms with Crippen LogP contribution in [0.25, 0.3) is 0 Å². The van der Waals surface area contributed by atoms with Gasteiger partial charge in [-0.1, -0.05) is 24.4 Å². The van der Waals surface area contributed by atoms with Crippen LogP contribution in [0.4, 0.5) is 14.5 Å². The number of nitrogens with zero attached hydrogens (tertiary/aromatic N) is 1. The molecule has 1 aromatic carbocycles. The van der Waals surface area contributed by atoms with Crippen molar-refractivity contribution < 1.29 is 13.5 Å². The molecule has 0 amide bonds. The molecule has 0 unspecified atom stereocenters. The maximum Gasteiger partial charge on any atom is 0.387 e. The summed E-state index contributed by atoms with van der Waals surface area (Å²) in [6.45, 7) is -2.93. The Morgan fingerprint density at radius 2 is 2.17 bits per heavy atom. The van der Waals surface area contributed by atoms with E-state index in [0.29, 0.717) is 0 Å². The van der Waals surface area contributed by atoms with E-state index in [1.165, 1.54) is 18.3 Å². The number of thiocarbonyl (C=S) groups is 1. The largest absolute Gasteiger partial charge is 0.433 e. The third-order valence-corrected chi connectivity index (χ3v) is 2.08. The van der Waals surface area contributed by atoms with Crippen LogP contribution >= 0.6 is 12.2 Å². The average molecular weight is 269 g/mol. The first-order chi connectivity index (χ1) is 8.54. The second-order valence-electron chi connectivity index (χ2n) is 3.05. The zero-order valence-electron chi connectivity index (χ0n) is 9.06. The fourth-order valence-electron chi connectivity index (χ4n) is 1.09. The van der Waals surface area contributed by atoms with Crippen LogP contribution < -0.4 is 15.8 Å². The Bertz CT molecular complexity index is 511. The molecule has 0 heterocycles. The van der Waals surface area contributed by atoms with Gasteiger partial charge in [0.15, 0.2) is 0 Å². The zero-order chi connectivity index (χ0) is 13.5. The molecule has 1 aromatic rings. The lowest BCUT2D eigenvalue weighted by atomic mass is 10.3. The normalized spacial score (nSPS) is 10.9. The molecule has 1 rings (SSSR count). The molecule has 0 atom stereocenters. The van der Waals surface area contributed by atoms with Crippen molar-refractivity contribution in [3.63, 3.8) is 0 Å². The van der Waals surface area contributed by atoms with Crippen molar-refractivity contribution in [2.45, 2.75) is 6.61 Å². The second kappa shape index (κ2) is 6.51. The summed E-state index contributed by atoms with van der Waals surface area (Å²) in [5, 5.41) is 11.4. The van der Waals surface area contributed by atoms with Crippen LogP contribution in [0.1, 0.15) is 0 Å². The van der Waals surface area contributed by atoms with E-state index in [-0.39, 0.29) is 22.0 Å². The van der Waals surface area contributed by atoms with Crippen LogP contribution in [0.5, 0.6) is 5.75 Å². The molecule has 3 N–H and O–H groups in total. The van der Waals surface area contributed by atoms with E-state index in [2.05, 4.69) is 22.3 Å². The van der Waals surface area contributed by atoms with Crippen LogP contribution in [0.2, 0.25) is 0 Å². The molecule has 0 aromatic heterocycles. The minimum atomic E-state index is -2.93. The molecule has 0 spiro atoms. The summed E-state index contributed by atoms with van der Waals surface area (Å²) < 4.78 is 28.6. The summed E-state index contributed by atoms with van der Waals surface area (Å²) in [5.74, 6) is -0.0380. The van der Waals surface area contributed by atoms with E-state index in [9.17, 15) is 8.78 Å². The highest BCUT2D eigenvalue weighted by atomic mass is 32.1.